The summed E-state index contributed by atoms with van der Waals surface area (Å²) in [5.41, 5.74) is -3.35. The zero-order valence-electron chi connectivity index (χ0n) is 17.7. The molecule has 0 bridgehead atoms. The summed E-state index contributed by atoms with van der Waals surface area (Å²) in [5.74, 6) is -4.52. The number of aromatic nitrogens is 4. The molecule has 1 amide bonds. The number of halogens is 5. The molecule has 2 aromatic heterocycles. The Labute approximate surface area is 185 Å². The van der Waals surface area contributed by atoms with E-state index in [-0.39, 0.29) is 23.0 Å². The zero-order chi connectivity index (χ0) is 24.4. The average molecular weight is 492 g/mol. The fourth-order valence-electron chi connectivity index (χ4n) is 4.21. The van der Waals surface area contributed by atoms with Gasteiger partial charge in [-0.15, -0.1) is 5.10 Å². The number of carbonyl (C=O) groups is 1. The monoisotopic (exact) mass is 492 g/mol. The van der Waals surface area contributed by atoms with Gasteiger partial charge in [-0.25, -0.2) is 17.8 Å². The number of anilines is 1. The second-order valence-corrected chi connectivity index (χ2v) is 11.2. The first-order valence-electron chi connectivity index (χ1n) is 10.0. The van der Waals surface area contributed by atoms with Crippen molar-refractivity contribution in [3.05, 3.63) is 29.2 Å². The van der Waals surface area contributed by atoms with Crippen LogP contribution in [-0.4, -0.2) is 42.3 Å². The number of carbonyl (C=O) groups excluding carboxylic acids is 1. The largest absolute Gasteiger partial charge is 0.420 e. The number of alkyl halides is 5. The second kappa shape index (κ2) is 7.43. The van der Waals surface area contributed by atoms with E-state index in [1.807, 2.05) is 0 Å². The number of rotatable bonds is 6. The van der Waals surface area contributed by atoms with E-state index in [0.29, 0.717) is 12.8 Å². The Balaban J connectivity index is 1.74. The van der Waals surface area contributed by atoms with Gasteiger partial charge in [0, 0.05) is 37.6 Å². The maximum absolute atomic E-state index is 14.0. The summed E-state index contributed by atoms with van der Waals surface area (Å²) in [6, 6.07) is 1.09. The molecule has 2 aliphatic rings. The molecule has 1 atom stereocenters. The highest BCUT2D eigenvalue weighted by atomic mass is 32.2. The SMILES string of the molecule is CC1(Cn2nc(C3CC3)c(C(F)(F)F)c2C(=O)Nc2cnnc([S@@](C)(=N)=O)c2)CC(F)(F)C1. The van der Waals surface area contributed by atoms with Crippen LogP contribution in [0.4, 0.5) is 27.6 Å². The molecule has 8 nitrogen and oxygen atoms in total. The molecular formula is C19H21F5N6O2S. The highest BCUT2D eigenvalue weighted by Gasteiger charge is 2.55. The van der Waals surface area contributed by atoms with Crippen LogP contribution in [0.25, 0.3) is 0 Å². The smallest absolute Gasteiger partial charge is 0.319 e. The van der Waals surface area contributed by atoms with E-state index < -0.39 is 63.2 Å². The predicted octanol–water partition coefficient (Wildman–Crippen LogP) is 4.29. The standard InChI is InChI=1S/C19H21F5N6O2S/c1-17(7-18(20,21)8-17)9-30-15(13(19(22,23)24)14(29-30)10-3-4-10)16(31)27-11-5-12(28-26-6-11)33(2,25)32/h5-6,10,25H,3-4,7-9H2,1-2H3,(H,27,28,31)/t33-/m0/s1. The van der Waals surface area contributed by atoms with Crippen molar-refractivity contribution in [1.82, 2.24) is 20.0 Å². The number of nitrogens with one attached hydrogen (secondary N) is 2. The molecule has 0 spiro atoms. The molecule has 0 saturated heterocycles. The molecule has 33 heavy (non-hydrogen) atoms. The van der Waals surface area contributed by atoms with Crippen molar-refractivity contribution in [3.8, 4) is 0 Å². The summed E-state index contributed by atoms with van der Waals surface area (Å²) in [4.78, 5) is 13.1. The molecular weight excluding hydrogens is 471 g/mol. The molecule has 2 fully saturated rings. The number of hydrogen-bond acceptors (Lipinski definition) is 6. The first-order valence-corrected chi connectivity index (χ1v) is 12.0. The number of nitrogens with zero attached hydrogens (tertiary/aromatic N) is 4. The Morgan fingerprint density at radius 3 is 2.48 bits per heavy atom. The van der Waals surface area contributed by atoms with E-state index in [2.05, 4.69) is 20.6 Å². The topological polar surface area (TPSA) is 114 Å². The number of amides is 1. The van der Waals surface area contributed by atoms with Gasteiger partial charge in [0.1, 0.15) is 11.3 Å². The van der Waals surface area contributed by atoms with Crippen molar-refractivity contribution in [2.45, 2.75) is 62.2 Å². The first kappa shape index (κ1) is 23.5. The Morgan fingerprint density at radius 1 is 1.33 bits per heavy atom. The van der Waals surface area contributed by atoms with Crippen LogP contribution in [0.1, 0.15) is 60.3 Å². The molecule has 0 aromatic carbocycles. The molecule has 4 rings (SSSR count). The molecule has 0 radical (unpaired) electrons. The van der Waals surface area contributed by atoms with Gasteiger partial charge in [-0.2, -0.15) is 23.4 Å². The lowest BCUT2D eigenvalue weighted by Gasteiger charge is -2.44. The summed E-state index contributed by atoms with van der Waals surface area (Å²) in [7, 11) is -3.29. The summed E-state index contributed by atoms with van der Waals surface area (Å²) in [6.45, 7) is 1.24. The van der Waals surface area contributed by atoms with Gasteiger partial charge in [0.25, 0.3) is 5.91 Å². The van der Waals surface area contributed by atoms with Crippen molar-refractivity contribution in [3.63, 3.8) is 0 Å². The van der Waals surface area contributed by atoms with E-state index in [4.69, 9.17) is 4.78 Å². The Morgan fingerprint density at radius 2 is 1.97 bits per heavy atom. The predicted molar refractivity (Wildman–Crippen MR) is 107 cm³/mol. The molecule has 180 valence electrons. The zero-order valence-corrected chi connectivity index (χ0v) is 18.5. The lowest BCUT2D eigenvalue weighted by molar-refractivity contribution is -0.160. The third-order valence-corrected chi connectivity index (χ3v) is 6.63. The van der Waals surface area contributed by atoms with Crippen LogP contribution in [-0.2, 0) is 22.5 Å². The fraction of sp³-hybridized carbons (Fsp3) is 0.579. The van der Waals surface area contributed by atoms with Gasteiger partial charge in [0.15, 0.2) is 5.03 Å². The van der Waals surface area contributed by atoms with Crippen molar-refractivity contribution in [2.24, 2.45) is 5.41 Å². The molecule has 2 aliphatic carbocycles. The molecule has 2 aromatic rings. The Kier molecular flexibility index (Phi) is 5.30. The van der Waals surface area contributed by atoms with Gasteiger partial charge >= 0.3 is 6.18 Å². The molecule has 2 N–H and O–H groups in total. The van der Waals surface area contributed by atoms with Crippen LogP contribution in [0.15, 0.2) is 17.3 Å². The summed E-state index contributed by atoms with van der Waals surface area (Å²) in [6.07, 6.45) is -2.84. The van der Waals surface area contributed by atoms with Gasteiger partial charge in [-0.3, -0.25) is 9.48 Å². The summed E-state index contributed by atoms with van der Waals surface area (Å²) < 4.78 is 89.5. The van der Waals surface area contributed by atoms with Gasteiger partial charge in [0.05, 0.1) is 27.3 Å². The molecule has 2 heterocycles. The molecule has 0 unspecified atom stereocenters. The number of hydrogen-bond donors (Lipinski definition) is 2. The van der Waals surface area contributed by atoms with E-state index in [1.165, 1.54) is 6.92 Å². The van der Waals surface area contributed by atoms with Gasteiger partial charge < -0.3 is 5.32 Å². The minimum atomic E-state index is -4.89. The van der Waals surface area contributed by atoms with Gasteiger partial charge in [-0.05, 0) is 18.3 Å². The van der Waals surface area contributed by atoms with Gasteiger partial charge in [0.2, 0.25) is 5.92 Å². The highest BCUT2D eigenvalue weighted by Crippen LogP contribution is 2.53. The minimum absolute atomic E-state index is 0.109. The van der Waals surface area contributed by atoms with Crippen LogP contribution < -0.4 is 5.32 Å². The normalized spacial score (nSPS) is 21.2. The molecule has 14 heteroatoms. The Hall–Kier alpha value is -2.64. The lowest BCUT2D eigenvalue weighted by atomic mass is 9.67. The quantitative estimate of drug-likeness (QED) is 0.584. The second-order valence-electron chi connectivity index (χ2n) is 9.14. The van der Waals surface area contributed by atoms with E-state index in [9.17, 15) is 31.0 Å². The fourth-order valence-corrected chi connectivity index (χ4v) is 4.77. The van der Waals surface area contributed by atoms with Crippen molar-refractivity contribution in [2.75, 3.05) is 11.6 Å². The Bertz CT molecular complexity index is 1210. The van der Waals surface area contributed by atoms with Crippen LogP contribution in [0, 0.1) is 10.2 Å². The van der Waals surface area contributed by atoms with E-state index >= 15 is 0 Å². The van der Waals surface area contributed by atoms with Crippen LogP contribution in [0.3, 0.4) is 0 Å². The van der Waals surface area contributed by atoms with Crippen LogP contribution >= 0.6 is 0 Å². The van der Waals surface area contributed by atoms with Crippen molar-refractivity contribution >= 4 is 21.3 Å². The maximum Gasteiger partial charge on any atom is 0.420 e. The maximum atomic E-state index is 14.0. The third kappa shape index (κ3) is 4.84. The van der Waals surface area contributed by atoms with Crippen LogP contribution in [0.2, 0.25) is 0 Å². The highest BCUT2D eigenvalue weighted by molar-refractivity contribution is 7.91. The minimum Gasteiger partial charge on any atom is -0.319 e. The summed E-state index contributed by atoms with van der Waals surface area (Å²) >= 11 is 0. The third-order valence-electron chi connectivity index (χ3n) is 5.63. The first-order chi connectivity index (χ1) is 15.1. The van der Waals surface area contributed by atoms with Crippen molar-refractivity contribution < 1.29 is 31.0 Å². The molecule has 2 saturated carbocycles. The average Bonchev–Trinajstić information content (AvgIpc) is 3.39. The van der Waals surface area contributed by atoms with E-state index in [1.54, 1.807) is 0 Å². The van der Waals surface area contributed by atoms with Gasteiger partial charge in [-0.1, -0.05) is 6.92 Å². The lowest BCUT2D eigenvalue weighted by Crippen LogP contribution is -2.47. The van der Waals surface area contributed by atoms with E-state index in [0.717, 1.165) is 23.2 Å². The van der Waals surface area contributed by atoms with Crippen molar-refractivity contribution in [1.29, 1.82) is 4.78 Å². The molecule has 0 aliphatic heterocycles. The summed E-state index contributed by atoms with van der Waals surface area (Å²) in [5, 5.41) is 13.2. The van der Waals surface area contributed by atoms with Crippen LogP contribution in [0.5, 0.6) is 0 Å².